The number of anilines is 1. The van der Waals surface area contributed by atoms with Gasteiger partial charge in [-0.15, -0.1) is 15.3 Å². The van der Waals surface area contributed by atoms with E-state index < -0.39 is 12.0 Å². The number of alkyl halides is 3. The number of aromatic nitrogens is 4. The zero-order valence-corrected chi connectivity index (χ0v) is 15.9. The molecule has 1 fully saturated rings. The van der Waals surface area contributed by atoms with Crippen molar-refractivity contribution >= 4 is 23.3 Å². The van der Waals surface area contributed by atoms with Gasteiger partial charge >= 0.3 is 6.18 Å². The quantitative estimate of drug-likeness (QED) is 0.732. The van der Waals surface area contributed by atoms with Crippen LogP contribution in [-0.4, -0.2) is 57.8 Å². The molecule has 0 unspecified atom stereocenters. The van der Waals surface area contributed by atoms with E-state index in [0.717, 1.165) is 6.42 Å². The third-order valence-corrected chi connectivity index (χ3v) is 4.69. The average Bonchev–Trinajstić information content (AvgIpc) is 3.14. The summed E-state index contributed by atoms with van der Waals surface area (Å²) in [6.45, 7) is 3.36. The predicted molar refractivity (Wildman–Crippen MR) is 97.0 cm³/mol. The lowest BCUT2D eigenvalue weighted by Crippen LogP contribution is -2.44. The molecule has 2 N–H and O–H groups in total. The van der Waals surface area contributed by atoms with Crippen molar-refractivity contribution in [2.24, 2.45) is 5.92 Å². The molecule has 0 radical (unpaired) electrons. The van der Waals surface area contributed by atoms with Crippen molar-refractivity contribution in [3.05, 3.63) is 18.0 Å². The summed E-state index contributed by atoms with van der Waals surface area (Å²) in [7, 11) is 0. The summed E-state index contributed by atoms with van der Waals surface area (Å²) in [6.07, 6.45) is -2.82. The van der Waals surface area contributed by atoms with E-state index in [4.69, 9.17) is 0 Å². The van der Waals surface area contributed by atoms with Crippen LogP contribution in [0.25, 0.3) is 5.65 Å². The summed E-state index contributed by atoms with van der Waals surface area (Å²) >= 11 is 0. The molecule has 2 aromatic heterocycles. The molecular formula is C17H22F3N7O2. The van der Waals surface area contributed by atoms with Gasteiger partial charge in [0.15, 0.2) is 5.65 Å². The van der Waals surface area contributed by atoms with Gasteiger partial charge in [-0.25, -0.2) is 0 Å². The summed E-state index contributed by atoms with van der Waals surface area (Å²) in [4.78, 5) is 25.6. The highest BCUT2D eigenvalue weighted by atomic mass is 19.4. The average molecular weight is 413 g/mol. The molecular weight excluding hydrogens is 391 g/mol. The summed E-state index contributed by atoms with van der Waals surface area (Å²) in [5, 5.41) is 16.0. The Bertz CT molecular complexity index is 876. The molecule has 29 heavy (non-hydrogen) atoms. The van der Waals surface area contributed by atoms with Crippen LogP contribution < -0.4 is 15.5 Å². The van der Waals surface area contributed by atoms with Crippen LogP contribution >= 0.6 is 0 Å². The maximum atomic E-state index is 13.0. The number of nitrogens with one attached hydrogen (secondary N) is 2. The van der Waals surface area contributed by atoms with Gasteiger partial charge < -0.3 is 15.5 Å². The molecule has 2 amide bonds. The van der Waals surface area contributed by atoms with E-state index in [1.165, 1.54) is 6.07 Å². The third-order valence-electron chi connectivity index (χ3n) is 4.69. The van der Waals surface area contributed by atoms with E-state index in [-0.39, 0.29) is 29.9 Å². The van der Waals surface area contributed by atoms with Gasteiger partial charge in [-0.2, -0.15) is 17.7 Å². The Labute approximate surface area is 164 Å². The zero-order valence-electron chi connectivity index (χ0n) is 15.9. The lowest BCUT2D eigenvalue weighted by atomic mass is 9.96. The number of hydrogen-bond donors (Lipinski definition) is 2. The number of carbonyl (C=O) groups excluding carboxylic acids is 2. The van der Waals surface area contributed by atoms with E-state index in [9.17, 15) is 22.8 Å². The summed E-state index contributed by atoms with van der Waals surface area (Å²) in [6, 6.07) is 3.01. The van der Waals surface area contributed by atoms with Crippen molar-refractivity contribution in [3.8, 4) is 0 Å². The molecule has 3 heterocycles. The van der Waals surface area contributed by atoms with Gasteiger partial charge in [0.25, 0.3) is 5.82 Å². The van der Waals surface area contributed by atoms with Gasteiger partial charge in [0.05, 0.1) is 6.54 Å². The van der Waals surface area contributed by atoms with E-state index >= 15 is 0 Å². The molecule has 158 valence electrons. The lowest BCUT2D eigenvalue weighted by molar-refractivity contribution is -0.146. The number of rotatable bonds is 6. The highest BCUT2D eigenvalue weighted by Crippen LogP contribution is 2.28. The van der Waals surface area contributed by atoms with Gasteiger partial charge in [-0.05, 0) is 31.4 Å². The van der Waals surface area contributed by atoms with Crippen molar-refractivity contribution in [1.29, 1.82) is 0 Å². The Morgan fingerprint density at radius 2 is 1.90 bits per heavy atom. The summed E-state index contributed by atoms with van der Waals surface area (Å²) in [5.74, 6) is -1.50. The first-order valence-electron chi connectivity index (χ1n) is 9.38. The second-order valence-electron chi connectivity index (χ2n) is 6.81. The van der Waals surface area contributed by atoms with Crippen LogP contribution in [0.3, 0.4) is 0 Å². The number of nitrogens with zero attached hydrogens (tertiary/aromatic N) is 5. The molecule has 1 saturated heterocycles. The molecule has 0 aromatic carbocycles. The lowest BCUT2D eigenvalue weighted by Gasteiger charge is -2.32. The highest BCUT2D eigenvalue weighted by Gasteiger charge is 2.38. The fourth-order valence-electron chi connectivity index (χ4n) is 3.13. The van der Waals surface area contributed by atoms with Crippen molar-refractivity contribution in [2.75, 3.05) is 31.1 Å². The maximum Gasteiger partial charge on any atom is 0.453 e. The van der Waals surface area contributed by atoms with Crippen molar-refractivity contribution in [2.45, 2.75) is 32.4 Å². The van der Waals surface area contributed by atoms with Crippen LogP contribution in [0.15, 0.2) is 12.1 Å². The Balaban J connectivity index is 1.58. The molecule has 9 nitrogen and oxygen atoms in total. The van der Waals surface area contributed by atoms with Gasteiger partial charge in [-0.1, -0.05) is 6.92 Å². The van der Waals surface area contributed by atoms with Crippen LogP contribution in [0.4, 0.5) is 19.0 Å². The highest BCUT2D eigenvalue weighted by molar-refractivity contribution is 5.85. The van der Waals surface area contributed by atoms with E-state index in [1.807, 2.05) is 11.8 Å². The zero-order chi connectivity index (χ0) is 21.0. The Morgan fingerprint density at radius 1 is 1.17 bits per heavy atom. The largest absolute Gasteiger partial charge is 0.453 e. The molecule has 0 saturated carbocycles. The molecule has 1 aliphatic heterocycles. The van der Waals surface area contributed by atoms with Crippen LogP contribution in [-0.2, 0) is 15.8 Å². The van der Waals surface area contributed by atoms with Crippen LogP contribution in [0, 0.1) is 5.92 Å². The normalized spacial score (nSPS) is 15.5. The predicted octanol–water partition coefficient (Wildman–Crippen LogP) is 1.00. The molecule has 0 spiro atoms. The van der Waals surface area contributed by atoms with Crippen LogP contribution in [0.2, 0.25) is 0 Å². The number of hydrogen-bond acceptors (Lipinski definition) is 6. The minimum absolute atomic E-state index is 0.0108. The summed E-state index contributed by atoms with van der Waals surface area (Å²) < 4.78 is 39.7. The molecule has 0 bridgehead atoms. The number of amides is 2. The van der Waals surface area contributed by atoms with Crippen LogP contribution in [0.5, 0.6) is 0 Å². The topological polar surface area (TPSA) is 105 Å². The number of fused-ring (bicyclic) bond motifs is 1. The number of halogens is 3. The van der Waals surface area contributed by atoms with E-state index in [0.29, 0.717) is 42.8 Å². The van der Waals surface area contributed by atoms with Gasteiger partial charge in [-0.3, -0.25) is 9.59 Å². The molecule has 0 aliphatic carbocycles. The molecule has 12 heteroatoms. The Hall–Kier alpha value is -2.92. The monoisotopic (exact) mass is 413 g/mol. The second kappa shape index (κ2) is 8.62. The van der Waals surface area contributed by atoms with E-state index in [1.54, 1.807) is 6.07 Å². The van der Waals surface area contributed by atoms with Crippen molar-refractivity contribution < 1.29 is 22.8 Å². The Kier molecular flexibility index (Phi) is 6.18. The minimum Gasteiger partial charge on any atom is -0.355 e. The fourth-order valence-corrected chi connectivity index (χ4v) is 3.13. The van der Waals surface area contributed by atoms with Crippen molar-refractivity contribution in [1.82, 2.24) is 30.4 Å². The first-order valence-corrected chi connectivity index (χ1v) is 9.38. The molecule has 3 rings (SSSR count). The van der Waals surface area contributed by atoms with Gasteiger partial charge in [0, 0.05) is 25.6 Å². The summed E-state index contributed by atoms with van der Waals surface area (Å²) in [5.41, 5.74) is 0.0108. The second-order valence-corrected chi connectivity index (χ2v) is 6.81. The van der Waals surface area contributed by atoms with Crippen molar-refractivity contribution in [3.63, 3.8) is 0 Å². The molecule has 2 aromatic rings. The fraction of sp³-hybridized carbons (Fsp3) is 0.588. The molecule has 1 aliphatic rings. The smallest absolute Gasteiger partial charge is 0.355 e. The number of piperidine rings is 1. The number of carbonyl (C=O) groups is 2. The maximum absolute atomic E-state index is 13.0. The Morgan fingerprint density at radius 3 is 2.55 bits per heavy atom. The van der Waals surface area contributed by atoms with Crippen LogP contribution in [0.1, 0.15) is 32.0 Å². The molecule has 0 atom stereocenters. The van der Waals surface area contributed by atoms with Gasteiger partial charge in [0.2, 0.25) is 11.8 Å². The third kappa shape index (κ3) is 4.93. The first kappa shape index (κ1) is 20.8. The standard InChI is InChI=1S/C17H22F3N7O2/c1-2-7-21-14(28)10-22-15(29)11-5-8-26(9-6-11)13-4-3-12-23-24-16(17(18,19)20)27(12)25-13/h3-4,11H,2,5-10H2,1H3,(H,21,28)(H,22,29). The SMILES string of the molecule is CCCNC(=O)CNC(=O)C1CCN(c2ccc3nnc(C(F)(F)F)n3n2)CC1. The van der Waals surface area contributed by atoms with Gasteiger partial charge in [0.1, 0.15) is 5.82 Å². The minimum atomic E-state index is -4.65. The first-order chi connectivity index (χ1) is 13.8. The van der Waals surface area contributed by atoms with E-state index in [2.05, 4.69) is 25.9 Å².